The van der Waals surface area contributed by atoms with Crippen molar-refractivity contribution in [1.29, 1.82) is 0 Å². The summed E-state index contributed by atoms with van der Waals surface area (Å²) in [6, 6.07) is 0. The molecule has 0 spiro atoms. The second-order valence-electron chi connectivity index (χ2n) is 4.23. The van der Waals surface area contributed by atoms with Gasteiger partial charge in [-0.3, -0.25) is 0 Å². The molecule has 0 aromatic carbocycles. The maximum absolute atomic E-state index is 10.4. The zero-order valence-electron chi connectivity index (χ0n) is 9.95. The Morgan fingerprint density at radius 1 is 1.31 bits per heavy atom. The molecule has 0 bridgehead atoms. The number of hydrogen-bond acceptors (Lipinski definition) is 4. The minimum absolute atomic E-state index is 0. The normalized spacial score (nSPS) is 16.4. The molecule has 86 valence electrons. The molecule has 0 radical (unpaired) electrons. The molecule has 1 rings (SSSR count). The van der Waals surface area contributed by atoms with E-state index in [0.717, 1.165) is 25.2 Å². The van der Waals surface area contributed by atoms with Crippen molar-refractivity contribution in [2.45, 2.75) is 51.4 Å². The van der Waals surface area contributed by atoms with Gasteiger partial charge in [-0.15, -0.1) is 0 Å². The quantitative estimate of drug-likeness (QED) is 0.188. The molecule has 1 saturated carbocycles. The van der Waals surface area contributed by atoms with E-state index in [4.69, 9.17) is 5.21 Å². The molecule has 1 N–H and O–H groups in total. The summed E-state index contributed by atoms with van der Waals surface area (Å²) in [5, 5.41) is 21.4. The van der Waals surface area contributed by atoms with Crippen LogP contribution in [0, 0.1) is 5.92 Å². The molecule has 1 aliphatic carbocycles. The van der Waals surface area contributed by atoms with Gasteiger partial charge in [-0.1, -0.05) is 43.7 Å². The third-order valence-corrected chi connectivity index (χ3v) is 3.11. The number of unbranched alkanes of at least 4 members (excludes halogenated alkanes) is 2. The average molecular weight is 235 g/mol. The smallest absolute Gasteiger partial charge is 0.543 e. The molecule has 16 heavy (non-hydrogen) atoms. The van der Waals surface area contributed by atoms with Crippen molar-refractivity contribution in [2.24, 2.45) is 11.1 Å². The van der Waals surface area contributed by atoms with Gasteiger partial charge < -0.3 is 15.1 Å². The van der Waals surface area contributed by atoms with Crippen molar-refractivity contribution in [3.8, 4) is 0 Å². The first-order valence-electron chi connectivity index (χ1n) is 5.66. The Labute approximate surface area is 118 Å². The van der Waals surface area contributed by atoms with Crippen LogP contribution in [0.2, 0.25) is 0 Å². The van der Waals surface area contributed by atoms with Crippen LogP contribution >= 0.6 is 0 Å². The van der Waals surface area contributed by atoms with E-state index in [-0.39, 0.29) is 35.3 Å². The molecule has 0 aromatic rings. The fraction of sp³-hybridized carbons (Fsp3) is 0.818. The minimum atomic E-state index is -1.36. The Balaban J connectivity index is 0.00000225. The van der Waals surface area contributed by atoms with Gasteiger partial charge in [0, 0.05) is 0 Å². The molecule has 0 unspecified atom stereocenters. The predicted molar refractivity (Wildman–Crippen MR) is 54.7 cm³/mol. The van der Waals surface area contributed by atoms with Crippen LogP contribution in [0.15, 0.2) is 5.16 Å². The van der Waals surface area contributed by atoms with Crippen LogP contribution in [0.5, 0.6) is 0 Å². The Hall–Kier alpha value is -0.0600. The summed E-state index contributed by atoms with van der Waals surface area (Å²) in [6.45, 7) is 0. The van der Waals surface area contributed by atoms with E-state index < -0.39 is 5.97 Å². The van der Waals surface area contributed by atoms with Crippen molar-refractivity contribution in [3.05, 3.63) is 0 Å². The van der Waals surface area contributed by atoms with Gasteiger partial charge in [0.1, 0.15) is 5.71 Å². The predicted octanol–water partition coefficient (Wildman–Crippen LogP) is -1.68. The largest absolute Gasteiger partial charge is 1.00 e. The zero-order valence-corrected chi connectivity index (χ0v) is 11.9. The van der Waals surface area contributed by atoms with Gasteiger partial charge in [-0.05, 0) is 18.8 Å². The molecule has 0 aromatic heterocycles. The number of carboxylic acids is 1. The van der Waals surface area contributed by atoms with E-state index >= 15 is 0 Å². The first kappa shape index (κ1) is 15.9. The average Bonchev–Trinajstić information content (AvgIpc) is 2.13. The molecular formula is C11H18NNaO3. The zero-order chi connectivity index (χ0) is 11.1. The molecule has 0 amide bonds. The van der Waals surface area contributed by atoms with Gasteiger partial charge in [-0.2, -0.15) is 0 Å². The van der Waals surface area contributed by atoms with Gasteiger partial charge in [0.25, 0.3) is 0 Å². The SMILES string of the molecule is O=C([O-])/C(CCCCCC1CCC1)=N\O.[Na+]. The summed E-state index contributed by atoms with van der Waals surface area (Å²) in [7, 11) is 0. The fourth-order valence-electron chi connectivity index (χ4n) is 1.88. The maximum Gasteiger partial charge on any atom is 1.00 e. The second kappa shape index (κ2) is 9.02. The first-order valence-corrected chi connectivity index (χ1v) is 5.66. The third-order valence-electron chi connectivity index (χ3n) is 3.11. The number of rotatable bonds is 7. The molecule has 1 aliphatic rings. The van der Waals surface area contributed by atoms with Gasteiger partial charge in [-0.25, -0.2) is 0 Å². The number of carboxylic acid groups (broad SMARTS) is 1. The molecule has 0 saturated heterocycles. The summed E-state index contributed by atoms with van der Waals surface area (Å²) in [5.41, 5.74) is -0.237. The van der Waals surface area contributed by atoms with Crippen LogP contribution < -0.4 is 34.7 Å². The van der Waals surface area contributed by atoms with Crippen LogP contribution in [0.1, 0.15) is 51.4 Å². The van der Waals surface area contributed by atoms with E-state index in [2.05, 4.69) is 5.16 Å². The van der Waals surface area contributed by atoms with Crippen molar-refractivity contribution >= 4 is 11.7 Å². The fourth-order valence-corrected chi connectivity index (χ4v) is 1.88. The van der Waals surface area contributed by atoms with E-state index in [1.165, 1.54) is 25.7 Å². The number of aliphatic carboxylic acids is 1. The first-order chi connectivity index (χ1) is 7.24. The number of carbonyl (C=O) groups excluding carboxylic acids is 1. The van der Waals surface area contributed by atoms with Crippen molar-refractivity contribution < 1.29 is 44.7 Å². The molecule has 1 fully saturated rings. The molecule has 4 nitrogen and oxygen atoms in total. The van der Waals surface area contributed by atoms with Crippen molar-refractivity contribution in [3.63, 3.8) is 0 Å². The Morgan fingerprint density at radius 2 is 2.00 bits per heavy atom. The van der Waals surface area contributed by atoms with Gasteiger partial charge >= 0.3 is 29.6 Å². The third kappa shape index (κ3) is 5.87. The van der Waals surface area contributed by atoms with Gasteiger partial charge in [0.2, 0.25) is 0 Å². The number of oxime groups is 1. The molecule has 0 aliphatic heterocycles. The molecule has 5 heteroatoms. The minimum Gasteiger partial charge on any atom is -0.543 e. The van der Waals surface area contributed by atoms with E-state index in [1.54, 1.807) is 0 Å². The standard InChI is InChI=1S/C11H19NO3.Na/c13-11(14)10(12-15)8-3-1-2-5-9-6-4-7-9;/h9,15H,1-8H2,(H,13,14);/q;+1/p-1/b12-10-;. The van der Waals surface area contributed by atoms with E-state index in [0.29, 0.717) is 6.42 Å². The van der Waals surface area contributed by atoms with E-state index in [9.17, 15) is 9.90 Å². The van der Waals surface area contributed by atoms with Crippen LogP contribution in [-0.4, -0.2) is 16.9 Å². The van der Waals surface area contributed by atoms with Crippen LogP contribution in [0.4, 0.5) is 0 Å². The Morgan fingerprint density at radius 3 is 2.44 bits per heavy atom. The van der Waals surface area contributed by atoms with Crippen LogP contribution in [0.3, 0.4) is 0 Å². The summed E-state index contributed by atoms with van der Waals surface area (Å²) in [5.74, 6) is -0.450. The van der Waals surface area contributed by atoms with Crippen LogP contribution in [-0.2, 0) is 4.79 Å². The van der Waals surface area contributed by atoms with Crippen molar-refractivity contribution in [2.75, 3.05) is 0 Å². The van der Waals surface area contributed by atoms with Crippen molar-refractivity contribution in [1.82, 2.24) is 0 Å². The van der Waals surface area contributed by atoms with E-state index in [1.807, 2.05) is 0 Å². The van der Waals surface area contributed by atoms with Gasteiger partial charge in [0.05, 0.1) is 5.97 Å². The summed E-state index contributed by atoms with van der Waals surface area (Å²) >= 11 is 0. The molecule has 0 atom stereocenters. The topological polar surface area (TPSA) is 72.7 Å². The molecule has 0 heterocycles. The number of carbonyl (C=O) groups is 1. The summed E-state index contributed by atoms with van der Waals surface area (Å²) in [4.78, 5) is 10.4. The van der Waals surface area contributed by atoms with Crippen LogP contribution in [0.25, 0.3) is 0 Å². The summed E-state index contributed by atoms with van der Waals surface area (Å²) in [6.07, 6.45) is 8.58. The Kier molecular flexibility index (Phi) is 8.99. The number of hydrogen-bond donors (Lipinski definition) is 1. The summed E-state index contributed by atoms with van der Waals surface area (Å²) < 4.78 is 0. The second-order valence-corrected chi connectivity index (χ2v) is 4.23. The maximum atomic E-state index is 10.4. The number of nitrogens with zero attached hydrogens (tertiary/aromatic N) is 1. The monoisotopic (exact) mass is 235 g/mol. The Bertz CT molecular complexity index is 239. The molecular weight excluding hydrogens is 217 g/mol. The van der Waals surface area contributed by atoms with Gasteiger partial charge in [0.15, 0.2) is 0 Å².